The van der Waals surface area contributed by atoms with Crippen LogP contribution in [0.1, 0.15) is 38.5 Å². The van der Waals surface area contributed by atoms with Gasteiger partial charge in [0.25, 0.3) is 0 Å². The zero-order valence-electron chi connectivity index (χ0n) is 19.4. The number of nitrogens with zero attached hydrogens (tertiary/aromatic N) is 5. The highest BCUT2D eigenvalue weighted by Gasteiger charge is 2.32. The zero-order valence-corrected chi connectivity index (χ0v) is 19.4. The molecule has 1 aliphatic carbocycles. The van der Waals surface area contributed by atoms with Crippen LogP contribution in [-0.2, 0) is 9.53 Å². The van der Waals surface area contributed by atoms with E-state index >= 15 is 0 Å². The molecule has 190 valence electrons. The number of carbonyl (C=O) groups is 2. The molecule has 1 saturated heterocycles. The van der Waals surface area contributed by atoms with E-state index in [0.717, 1.165) is 43.0 Å². The van der Waals surface area contributed by atoms with E-state index in [-0.39, 0.29) is 17.3 Å². The summed E-state index contributed by atoms with van der Waals surface area (Å²) in [6.07, 6.45) is 7.32. The normalized spacial score (nSPS) is 17.9. The molecule has 10 nitrogen and oxygen atoms in total. The van der Waals surface area contributed by atoms with E-state index in [1.54, 1.807) is 6.08 Å². The van der Waals surface area contributed by atoms with Crippen molar-refractivity contribution >= 4 is 12.0 Å². The Morgan fingerprint density at radius 3 is 2.47 bits per heavy atom. The number of benzene rings is 1. The van der Waals surface area contributed by atoms with Crippen LogP contribution >= 0.6 is 0 Å². The minimum absolute atomic E-state index is 0.207. The van der Waals surface area contributed by atoms with Crippen LogP contribution in [0, 0.1) is 11.6 Å². The van der Waals surface area contributed by atoms with Crippen molar-refractivity contribution in [3.63, 3.8) is 0 Å². The Balaban J connectivity index is 1.82. The van der Waals surface area contributed by atoms with Crippen LogP contribution in [-0.4, -0.2) is 61.1 Å². The summed E-state index contributed by atoms with van der Waals surface area (Å²) < 4.78 is 34.8. The molecule has 2 heterocycles. The third-order valence-corrected chi connectivity index (χ3v) is 6.14. The van der Waals surface area contributed by atoms with Gasteiger partial charge in [0.1, 0.15) is 5.69 Å². The van der Waals surface area contributed by atoms with Crippen molar-refractivity contribution in [2.75, 3.05) is 13.2 Å². The smallest absolute Gasteiger partial charge is 0.377 e. The number of aliphatic carboxylic acids is 1. The van der Waals surface area contributed by atoms with Crippen molar-refractivity contribution in [2.45, 2.75) is 44.6 Å². The van der Waals surface area contributed by atoms with Crippen LogP contribution in [0.15, 0.2) is 58.6 Å². The predicted octanol–water partition coefficient (Wildman–Crippen LogP) is 3.18. The van der Waals surface area contributed by atoms with E-state index < -0.39 is 35.0 Å². The highest BCUT2D eigenvalue weighted by molar-refractivity contribution is 5.90. The number of tetrazole rings is 1. The van der Waals surface area contributed by atoms with Gasteiger partial charge in [0, 0.05) is 11.7 Å². The molecule has 2 aliphatic rings. The van der Waals surface area contributed by atoms with Gasteiger partial charge in [-0.25, -0.2) is 23.2 Å². The third-order valence-electron chi connectivity index (χ3n) is 6.14. The van der Waals surface area contributed by atoms with Gasteiger partial charge in [-0.1, -0.05) is 31.9 Å². The first-order chi connectivity index (χ1) is 17.3. The fourth-order valence-corrected chi connectivity index (χ4v) is 4.34. The number of carboxylic acid groups (broad SMARTS) is 1. The Morgan fingerprint density at radius 2 is 1.86 bits per heavy atom. The third kappa shape index (κ3) is 5.18. The number of ether oxygens (including phenoxy) is 1. The maximum atomic E-state index is 14.3. The van der Waals surface area contributed by atoms with Gasteiger partial charge in [-0.2, -0.15) is 4.68 Å². The average molecular weight is 501 g/mol. The Labute approximate surface area is 204 Å². The van der Waals surface area contributed by atoms with Crippen LogP contribution in [0.3, 0.4) is 0 Å². The largest absolute Gasteiger partial charge is 0.478 e. The minimum atomic E-state index is -1.28. The van der Waals surface area contributed by atoms with Crippen LogP contribution < -0.4 is 5.69 Å². The number of carbonyl (C=O) groups excluding carboxylic acids is 1. The van der Waals surface area contributed by atoms with Crippen molar-refractivity contribution in [3.05, 3.63) is 75.9 Å². The molecule has 36 heavy (non-hydrogen) atoms. The number of aromatic nitrogens is 4. The van der Waals surface area contributed by atoms with Crippen molar-refractivity contribution in [1.82, 2.24) is 24.7 Å². The quantitative estimate of drug-likeness (QED) is 0.367. The average Bonchev–Trinajstić information content (AvgIpc) is 3.49. The molecule has 2 aromatic rings. The van der Waals surface area contributed by atoms with Gasteiger partial charge in [-0.15, -0.1) is 4.68 Å². The van der Waals surface area contributed by atoms with E-state index in [1.165, 1.54) is 11.0 Å². The van der Waals surface area contributed by atoms with Gasteiger partial charge < -0.3 is 9.84 Å². The standard InChI is InChI=1S/C24H25F2N5O5/c1-15(22(32)33)12-18(13-16-10-11-36-14-16)29(17-6-3-2-4-7-17)23(34)31-24(35)30(27-28-31)21-19(25)8-5-9-20(21)26/h5,8-9,12-13,17H,1-4,6-7,10-11,14H2,(H,32,33)/b16-13-,18-12+. The maximum Gasteiger partial charge on any atom is 0.377 e. The monoisotopic (exact) mass is 501 g/mol. The van der Waals surface area contributed by atoms with Crippen molar-refractivity contribution in [3.8, 4) is 5.69 Å². The number of hydrogen-bond acceptors (Lipinski definition) is 6. The van der Waals surface area contributed by atoms with Gasteiger partial charge in [-0.05, 0) is 59.5 Å². The molecule has 1 amide bonds. The first-order valence-electron chi connectivity index (χ1n) is 11.5. The lowest BCUT2D eigenvalue weighted by molar-refractivity contribution is -0.132. The Morgan fingerprint density at radius 1 is 1.17 bits per heavy atom. The van der Waals surface area contributed by atoms with E-state index in [9.17, 15) is 28.3 Å². The fraction of sp³-hybridized carbons (Fsp3) is 0.375. The summed E-state index contributed by atoms with van der Waals surface area (Å²) in [6.45, 7) is 4.35. The molecule has 1 aromatic heterocycles. The number of hydrogen-bond donors (Lipinski definition) is 1. The van der Waals surface area contributed by atoms with Crippen molar-refractivity contribution in [2.24, 2.45) is 0 Å². The molecular formula is C24H25F2N5O5. The summed E-state index contributed by atoms with van der Waals surface area (Å²) in [7, 11) is 0. The Kier molecular flexibility index (Phi) is 7.53. The van der Waals surface area contributed by atoms with Gasteiger partial charge >= 0.3 is 17.7 Å². The lowest BCUT2D eigenvalue weighted by Gasteiger charge is -2.34. The molecule has 12 heteroatoms. The summed E-state index contributed by atoms with van der Waals surface area (Å²) in [5, 5.41) is 16.6. The molecule has 0 atom stereocenters. The van der Waals surface area contributed by atoms with E-state index in [2.05, 4.69) is 17.0 Å². The molecule has 1 N–H and O–H groups in total. The number of allylic oxidation sites excluding steroid dienone is 1. The highest BCUT2D eigenvalue weighted by atomic mass is 19.1. The van der Waals surface area contributed by atoms with Crippen LogP contribution in [0.5, 0.6) is 0 Å². The van der Waals surface area contributed by atoms with E-state index in [1.807, 2.05) is 0 Å². The molecule has 1 saturated carbocycles. The van der Waals surface area contributed by atoms with Crippen LogP contribution in [0.25, 0.3) is 5.69 Å². The minimum Gasteiger partial charge on any atom is -0.478 e. The molecule has 0 bridgehead atoms. The lowest BCUT2D eigenvalue weighted by Crippen LogP contribution is -2.46. The summed E-state index contributed by atoms with van der Waals surface area (Å²) in [5.41, 5.74) is -1.15. The van der Waals surface area contributed by atoms with Crippen molar-refractivity contribution < 1.29 is 28.2 Å². The summed E-state index contributed by atoms with van der Waals surface area (Å²) >= 11 is 0. The van der Waals surface area contributed by atoms with E-state index in [0.29, 0.717) is 41.8 Å². The molecule has 1 aliphatic heterocycles. The molecule has 1 aromatic carbocycles. The number of carboxylic acids is 1. The molecular weight excluding hydrogens is 476 g/mol. The lowest BCUT2D eigenvalue weighted by atomic mass is 9.93. The van der Waals surface area contributed by atoms with Crippen molar-refractivity contribution in [1.29, 1.82) is 0 Å². The summed E-state index contributed by atoms with van der Waals surface area (Å²) in [6, 6.07) is 1.74. The molecule has 4 rings (SSSR count). The predicted molar refractivity (Wildman–Crippen MR) is 123 cm³/mol. The summed E-state index contributed by atoms with van der Waals surface area (Å²) in [5.74, 6) is -3.38. The first kappa shape index (κ1) is 25.2. The molecule has 0 unspecified atom stereocenters. The maximum absolute atomic E-state index is 14.3. The van der Waals surface area contributed by atoms with Gasteiger partial charge in [0.15, 0.2) is 11.6 Å². The fourth-order valence-electron chi connectivity index (χ4n) is 4.34. The molecule has 2 fully saturated rings. The van der Waals surface area contributed by atoms with Gasteiger partial charge in [0.05, 0.1) is 18.8 Å². The topological polar surface area (TPSA) is 120 Å². The SMILES string of the molecule is C=C(/C=C(\C=C1\CCOC1)N(C(=O)n1nnn(-c2c(F)cccc2F)c1=O)C1CCCCC1)C(=O)O. The number of halogens is 2. The van der Waals surface area contributed by atoms with Crippen LogP contribution in [0.4, 0.5) is 13.6 Å². The number of rotatable bonds is 6. The second-order valence-corrected chi connectivity index (χ2v) is 8.60. The zero-order chi connectivity index (χ0) is 25.8. The van der Waals surface area contributed by atoms with E-state index in [4.69, 9.17) is 4.74 Å². The second kappa shape index (κ2) is 10.8. The van der Waals surface area contributed by atoms with Gasteiger partial charge in [-0.3, -0.25) is 4.90 Å². The second-order valence-electron chi connectivity index (χ2n) is 8.60. The number of amides is 1. The Hall–Kier alpha value is -3.93. The first-order valence-corrected chi connectivity index (χ1v) is 11.5. The molecule has 0 spiro atoms. The summed E-state index contributed by atoms with van der Waals surface area (Å²) in [4.78, 5) is 39.7. The Bertz CT molecular complexity index is 1280. The number of para-hydroxylation sites is 1. The highest BCUT2D eigenvalue weighted by Crippen LogP contribution is 2.28. The molecule has 0 radical (unpaired) electrons. The van der Waals surface area contributed by atoms with Crippen LogP contribution in [0.2, 0.25) is 0 Å². The van der Waals surface area contributed by atoms with Gasteiger partial charge in [0.2, 0.25) is 0 Å².